The Morgan fingerprint density at radius 3 is 2.64 bits per heavy atom. The second kappa shape index (κ2) is 8.82. The third-order valence-corrected chi connectivity index (χ3v) is 6.84. The fourth-order valence-electron chi connectivity index (χ4n) is 2.77. The van der Waals surface area contributed by atoms with Gasteiger partial charge in [-0.25, -0.2) is 13.4 Å². The molecule has 1 fully saturated rings. The highest BCUT2D eigenvalue weighted by atomic mass is 35.5. The van der Waals surface area contributed by atoms with Crippen molar-refractivity contribution in [3.63, 3.8) is 0 Å². The molecule has 7 nitrogen and oxygen atoms in total. The number of aliphatic imine (C=N–C) groups is 1. The number of hydrogen-bond acceptors (Lipinski definition) is 5. The molecule has 0 atom stereocenters. The highest BCUT2D eigenvalue weighted by molar-refractivity contribution is 7.92. The van der Waals surface area contributed by atoms with E-state index in [2.05, 4.69) is 20.6 Å². The number of sulfone groups is 1. The predicted molar refractivity (Wildman–Crippen MR) is 99.9 cm³/mol. The fourth-order valence-corrected chi connectivity index (χ4v) is 4.12. The molecule has 2 rings (SSSR count). The first kappa shape index (κ1) is 19.9. The Hall–Kier alpha value is -1.38. The van der Waals surface area contributed by atoms with Crippen molar-refractivity contribution < 1.29 is 13.2 Å². The molecular formula is C16H25ClN4O3S. The molecule has 1 aromatic rings. The molecule has 2 N–H and O–H groups in total. The Bertz CT molecular complexity index is 686. The maximum absolute atomic E-state index is 12.3. The van der Waals surface area contributed by atoms with Gasteiger partial charge in [0.25, 0.3) is 0 Å². The number of rotatable bonds is 6. The lowest BCUT2D eigenvalue weighted by atomic mass is 9.99. The zero-order chi connectivity index (χ0) is 18.3. The summed E-state index contributed by atoms with van der Waals surface area (Å²) < 4.78 is 29.0. The molecule has 0 unspecified atom stereocenters. The van der Waals surface area contributed by atoms with Crippen LogP contribution in [0.2, 0.25) is 5.15 Å². The molecule has 1 saturated heterocycles. The molecule has 1 aliphatic heterocycles. The monoisotopic (exact) mass is 388 g/mol. The summed E-state index contributed by atoms with van der Waals surface area (Å²) >= 11 is 5.77. The SMILES string of the molecule is CN=C(NCCc1ccc(Cl)nc1)NCC1(S(C)(=O)=O)CCOCC1. The van der Waals surface area contributed by atoms with E-state index in [0.29, 0.717) is 50.3 Å². The van der Waals surface area contributed by atoms with E-state index in [-0.39, 0.29) is 0 Å². The lowest BCUT2D eigenvalue weighted by Gasteiger charge is -2.35. The Morgan fingerprint density at radius 1 is 1.36 bits per heavy atom. The normalized spacial score (nSPS) is 18.0. The van der Waals surface area contributed by atoms with Gasteiger partial charge in [-0.2, -0.15) is 0 Å². The van der Waals surface area contributed by atoms with Crippen molar-refractivity contribution in [2.24, 2.45) is 4.99 Å². The maximum atomic E-state index is 12.3. The Labute approximate surface area is 154 Å². The molecular weight excluding hydrogens is 364 g/mol. The van der Waals surface area contributed by atoms with E-state index in [4.69, 9.17) is 16.3 Å². The third kappa shape index (κ3) is 5.55. The molecule has 1 aromatic heterocycles. The maximum Gasteiger partial charge on any atom is 0.191 e. The molecule has 0 spiro atoms. The van der Waals surface area contributed by atoms with Crippen LogP contribution in [0.5, 0.6) is 0 Å². The molecule has 0 aromatic carbocycles. The lowest BCUT2D eigenvalue weighted by molar-refractivity contribution is 0.0756. The van der Waals surface area contributed by atoms with Crippen LogP contribution in [0.15, 0.2) is 23.3 Å². The van der Waals surface area contributed by atoms with Crippen molar-refractivity contribution in [3.8, 4) is 0 Å². The molecule has 25 heavy (non-hydrogen) atoms. The van der Waals surface area contributed by atoms with Gasteiger partial charge in [0.15, 0.2) is 15.8 Å². The predicted octanol–water partition coefficient (Wildman–Crippen LogP) is 1.04. The zero-order valence-corrected chi connectivity index (χ0v) is 16.2. The van der Waals surface area contributed by atoms with Crippen LogP contribution in [-0.2, 0) is 21.0 Å². The van der Waals surface area contributed by atoms with Crippen molar-refractivity contribution in [1.82, 2.24) is 15.6 Å². The average Bonchev–Trinajstić information content (AvgIpc) is 2.59. The van der Waals surface area contributed by atoms with Gasteiger partial charge in [0.1, 0.15) is 5.15 Å². The number of nitrogens with one attached hydrogen (secondary N) is 2. The second-order valence-corrected chi connectivity index (χ2v) is 8.96. The minimum atomic E-state index is -3.21. The highest BCUT2D eigenvalue weighted by Crippen LogP contribution is 2.28. The number of hydrogen-bond donors (Lipinski definition) is 2. The van der Waals surface area contributed by atoms with E-state index >= 15 is 0 Å². The van der Waals surface area contributed by atoms with E-state index in [1.54, 1.807) is 19.3 Å². The largest absolute Gasteiger partial charge is 0.381 e. The van der Waals surface area contributed by atoms with Crippen LogP contribution in [0.3, 0.4) is 0 Å². The molecule has 140 valence electrons. The van der Waals surface area contributed by atoms with Crippen LogP contribution in [0.25, 0.3) is 0 Å². The van der Waals surface area contributed by atoms with Gasteiger partial charge in [0.2, 0.25) is 0 Å². The molecule has 9 heteroatoms. The summed E-state index contributed by atoms with van der Waals surface area (Å²) in [6.45, 7) is 1.89. The van der Waals surface area contributed by atoms with E-state index in [9.17, 15) is 8.42 Å². The number of halogens is 1. The average molecular weight is 389 g/mol. The molecule has 0 radical (unpaired) electrons. The minimum absolute atomic E-state index is 0.317. The number of ether oxygens (including phenoxy) is 1. The van der Waals surface area contributed by atoms with Gasteiger partial charge in [-0.3, -0.25) is 4.99 Å². The van der Waals surface area contributed by atoms with Crippen LogP contribution in [0, 0.1) is 0 Å². The molecule has 0 amide bonds. The molecule has 0 bridgehead atoms. The summed E-state index contributed by atoms with van der Waals surface area (Å²) in [6.07, 6.45) is 4.78. The second-order valence-electron chi connectivity index (χ2n) is 6.16. The minimum Gasteiger partial charge on any atom is -0.381 e. The van der Waals surface area contributed by atoms with Gasteiger partial charge >= 0.3 is 0 Å². The van der Waals surface area contributed by atoms with E-state index < -0.39 is 14.6 Å². The number of pyridine rings is 1. The van der Waals surface area contributed by atoms with Crippen molar-refractivity contribution in [2.45, 2.75) is 24.0 Å². The summed E-state index contributed by atoms with van der Waals surface area (Å²) in [5.74, 6) is 0.580. The quantitative estimate of drug-likeness (QED) is 0.429. The Kier molecular flexibility index (Phi) is 7.04. The van der Waals surface area contributed by atoms with Gasteiger partial charge in [0.05, 0.1) is 4.75 Å². The van der Waals surface area contributed by atoms with Gasteiger partial charge in [-0.1, -0.05) is 17.7 Å². The summed E-state index contributed by atoms with van der Waals surface area (Å²) in [4.78, 5) is 8.21. The zero-order valence-electron chi connectivity index (χ0n) is 14.6. The lowest BCUT2D eigenvalue weighted by Crippen LogP contribution is -2.53. The van der Waals surface area contributed by atoms with Crippen molar-refractivity contribution in [1.29, 1.82) is 0 Å². The van der Waals surface area contributed by atoms with Crippen molar-refractivity contribution in [2.75, 3.05) is 39.6 Å². The van der Waals surface area contributed by atoms with Gasteiger partial charge < -0.3 is 15.4 Å². The van der Waals surface area contributed by atoms with E-state index in [0.717, 1.165) is 12.0 Å². The Balaban J connectivity index is 1.87. The van der Waals surface area contributed by atoms with Crippen LogP contribution in [-0.4, -0.2) is 63.7 Å². The summed E-state index contributed by atoms with van der Waals surface area (Å²) in [6, 6.07) is 3.68. The van der Waals surface area contributed by atoms with Crippen LogP contribution in [0.4, 0.5) is 0 Å². The number of aromatic nitrogens is 1. The molecule has 0 saturated carbocycles. The fraction of sp³-hybridized carbons (Fsp3) is 0.625. The third-order valence-electron chi connectivity index (χ3n) is 4.49. The van der Waals surface area contributed by atoms with Crippen LogP contribution in [0.1, 0.15) is 18.4 Å². The number of guanidine groups is 1. The summed E-state index contributed by atoms with van der Waals surface area (Å²) in [5.41, 5.74) is 1.06. The van der Waals surface area contributed by atoms with Gasteiger partial charge in [-0.15, -0.1) is 0 Å². The first-order valence-electron chi connectivity index (χ1n) is 8.19. The molecule has 1 aliphatic rings. The first-order chi connectivity index (χ1) is 11.9. The first-order valence-corrected chi connectivity index (χ1v) is 10.5. The van der Waals surface area contributed by atoms with Crippen molar-refractivity contribution in [3.05, 3.63) is 29.0 Å². The smallest absolute Gasteiger partial charge is 0.191 e. The summed E-state index contributed by atoms with van der Waals surface area (Å²) in [5, 5.41) is 6.81. The summed E-state index contributed by atoms with van der Waals surface area (Å²) in [7, 11) is -1.54. The molecule has 0 aliphatic carbocycles. The van der Waals surface area contributed by atoms with Gasteiger partial charge in [0, 0.05) is 45.8 Å². The molecule has 2 heterocycles. The van der Waals surface area contributed by atoms with Crippen LogP contribution >= 0.6 is 11.6 Å². The topological polar surface area (TPSA) is 92.7 Å². The van der Waals surface area contributed by atoms with E-state index in [1.165, 1.54) is 6.26 Å². The highest BCUT2D eigenvalue weighted by Gasteiger charge is 2.42. The van der Waals surface area contributed by atoms with Crippen molar-refractivity contribution >= 4 is 27.4 Å². The van der Waals surface area contributed by atoms with Crippen LogP contribution < -0.4 is 10.6 Å². The standard InChI is InChI=1S/C16H25ClN4O3S/c1-18-15(19-8-5-13-3-4-14(17)20-11-13)21-12-16(25(2,22)23)6-9-24-10-7-16/h3-4,11H,5-10,12H2,1-2H3,(H2,18,19,21). The van der Waals surface area contributed by atoms with E-state index in [1.807, 2.05) is 6.07 Å². The van der Waals surface area contributed by atoms with Gasteiger partial charge in [-0.05, 0) is 30.9 Å². The Morgan fingerprint density at radius 2 is 2.08 bits per heavy atom. The number of nitrogens with zero attached hydrogens (tertiary/aromatic N) is 2.